The third-order valence-electron chi connectivity index (χ3n) is 3.24. The van der Waals surface area contributed by atoms with Gasteiger partial charge in [-0.2, -0.15) is 5.26 Å². The molecule has 0 N–H and O–H groups in total. The van der Waals surface area contributed by atoms with Crippen LogP contribution in [0.3, 0.4) is 0 Å². The van der Waals surface area contributed by atoms with Crippen molar-refractivity contribution in [2.75, 3.05) is 0 Å². The van der Waals surface area contributed by atoms with Gasteiger partial charge in [-0.1, -0.05) is 15.9 Å². The van der Waals surface area contributed by atoms with Crippen LogP contribution in [0.2, 0.25) is 0 Å². The quantitative estimate of drug-likeness (QED) is 0.663. The molecule has 0 aliphatic heterocycles. The molecular formula is C15H8BrF2N3. The predicted octanol–water partition coefficient (Wildman–Crippen LogP) is 4.15. The third kappa shape index (κ3) is 2.20. The largest absolute Gasteiger partial charge is 0.327 e. The summed E-state index contributed by atoms with van der Waals surface area (Å²) in [5, 5.41) is 8.93. The lowest BCUT2D eigenvalue weighted by Crippen LogP contribution is -1.98. The summed E-state index contributed by atoms with van der Waals surface area (Å²) in [6.07, 6.45) is 0. The van der Waals surface area contributed by atoms with Gasteiger partial charge in [-0.15, -0.1) is 0 Å². The maximum Gasteiger partial charge on any atom is 0.146 e. The number of hydrogen-bond donors (Lipinski definition) is 0. The van der Waals surface area contributed by atoms with Crippen LogP contribution in [0.25, 0.3) is 22.4 Å². The van der Waals surface area contributed by atoms with Crippen molar-refractivity contribution in [3.05, 3.63) is 52.0 Å². The average molecular weight is 348 g/mol. The van der Waals surface area contributed by atoms with E-state index in [0.29, 0.717) is 21.1 Å². The second-order valence-corrected chi connectivity index (χ2v) is 5.47. The first kappa shape index (κ1) is 13.7. The van der Waals surface area contributed by atoms with Gasteiger partial charge in [-0.25, -0.2) is 13.8 Å². The van der Waals surface area contributed by atoms with E-state index >= 15 is 0 Å². The summed E-state index contributed by atoms with van der Waals surface area (Å²) in [5.41, 5.74) is 1.50. The SMILES string of the molecule is Cn1c(-c2c(F)cc(Br)cc2F)nc2ccc(C#N)cc21. The summed E-state index contributed by atoms with van der Waals surface area (Å²) in [5.74, 6) is -1.20. The molecule has 1 aromatic heterocycles. The van der Waals surface area contributed by atoms with E-state index in [1.807, 2.05) is 6.07 Å². The lowest BCUT2D eigenvalue weighted by molar-refractivity contribution is 0.585. The fourth-order valence-electron chi connectivity index (χ4n) is 2.24. The zero-order valence-electron chi connectivity index (χ0n) is 10.9. The zero-order valence-corrected chi connectivity index (χ0v) is 12.4. The summed E-state index contributed by atoms with van der Waals surface area (Å²) in [6.45, 7) is 0. The minimum Gasteiger partial charge on any atom is -0.327 e. The van der Waals surface area contributed by atoms with E-state index in [-0.39, 0.29) is 11.4 Å². The fraction of sp³-hybridized carbons (Fsp3) is 0.0667. The number of nitrogens with zero attached hydrogens (tertiary/aromatic N) is 3. The first-order valence-electron chi connectivity index (χ1n) is 6.02. The Labute approximate surface area is 127 Å². The van der Waals surface area contributed by atoms with Gasteiger partial charge in [0.25, 0.3) is 0 Å². The Morgan fingerprint density at radius 1 is 1.19 bits per heavy atom. The van der Waals surface area contributed by atoms with E-state index in [2.05, 4.69) is 20.9 Å². The molecule has 3 aromatic rings. The van der Waals surface area contributed by atoms with Crippen LogP contribution in [0.4, 0.5) is 8.78 Å². The number of halogens is 3. The highest BCUT2D eigenvalue weighted by Crippen LogP contribution is 2.30. The van der Waals surface area contributed by atoms with E-state index < -0.39 is 11.6 Å². The van der Waals surface area contributed by atoms with Crippen molar-refractivity contribution in [2.45, 2.75) is 0 Å². The first-order chi connectivity index (χ1) is 10.0. The van der Waals surface area contributed by atoms with Crippen molar-refractivity contribution in [2.24, 2.45) is 7.05 Å². The normalized spacial score (nSPS) is 10.8. The minimum atomic E-state index is -0.694. The molecule has 0 amide bonds. The number of fused-ring (bicyclic) bond motifs is 1. The summed E-state index contributed by atoms with van der Waals surface area (Å²) in [6, 6.07) is 9.33. The second kappa shape index (κ2) is 4.93. The lowest BCUT2D eigenvalue weighted by atomic mass is 10.2. The number of benzene rings is 2. The molecule has 3 rings (SSSR count). The molecule has 0 saturated carbocycles. The molecule has 0 atom stereocenters. The number of hydrogen-bond acceptors (Lipinski definition) is 2. The minimum absolute atomic E-state index is 0.183. The summed E-state index contributed by atoms with van der Waals surface area (Å²) in [7, 11) is 1.66. The first-order valence-corrected chi connectivity index (χ1v) is 6.82. The summed E-state index contributed by atoms with van der Waals surface area (Å²) >= 11 is 3.05. The average Bonchev–Trinajstić information content (AvgIpc) is 2.75. The molecule has 0 unspecified atom stereocenters. The molecule has 0 saturated heterocycles. The number of aromatic nitrogens is 2. The van der Waals surface area contributed by atoms with Crippen molar-refractivity contribution in [3.63, 3.8) is 0 Å². The lowest BCUT2D eigenvalue weighted by Gasteiger charge is -2.06. The van der Waals surface area contributed by atoms with E-state index in [1.165, 1.54) is 12.1 Å². The van der Waals surface area contributed by atoms with E-state index in [4.69, 9.17) is 5.26 Å². The van der Waals surface area contributed by atoms with Crippen LogP contribution in [0.1, 0.15) is 5.56 Å². The monoisotopic (exact) mass is 347 g/mol. The highest BCUT2D eigenvalue weighted by molar-refractivity contribution is 9.10. The van der Waals surface area contributed by atoms with Crippen LogP contribution in [0.5, 0.6) is 0 Å². The number of nitriles is 1. The number of aryl methyl sites for hydroxylation is 1. The molecule has 1 heterocycles. The van der Waals surface area contributed by atoms with Crippen LogP contribution < -0.4 is 0 Å². The Kier molecular flexibility index (Phi) is 3.22. The van der Waals surface area contributed by atoms with Gasteiger partial charge in [-0.3, -0.25) is 0 Å². The summed E-state index contributed by atoms with van der Waals surface area (Å²) < 4.78 is 30.1. The fourth-order valence-corrected chi connectivity index (χ4v) is 2.64. The smallest absolute Gasteiger partial charge is 0.146 e. The van der Waals surface area contributed by atoms with Crippen LogP contribution in [0.15, 0.2) is 34.8 Å². The van der Waals surface area contributed by atoms with Gasteiger partial charge in [0.2, 0.25) is 0 Å². The molecule has 2 aromatic carbocycles. The maximum atomic E-state index is 14.1. The highest BCUT2D eigenvalue weighted by Gasteiger charge is 2.19. The third-order valence-corrected chi connectivity index (χ3v) is 3.70. The molecular weight excluding hydrogens is 340 g/mol. The summed E-state index contributed by atoms with van der Waals surface area (Å²) in [4.78, 5) is 4.27. The standard InChI is InChI=1S/C15H8BrF2N3/c1-21-13-4-8(7-19)2-3-12(13)20-15(21)14-10(17)5-9(16)6-11(14)18/h2-6H,1H3. The molecule has 3 nitrogen and oxygen atoms in total. The topological polar surface area (TPSA) is 41.6 Å². The van der Waals surface area contributed by atoms with Gasteiger partial charge >= 0.3 is 0 Å². The van der Waals surface area contributed by atoms with E-state index in [1.54, 1.807) is 29.8 Å². The maximum absolute atomic E-state index is 14.1. The van der Waals surface area contributed by atoms with Gasteiger partial charge in [0.15, 0.2) is 0 Å². The van der Waals surface area contributed by atoms with Crippen molar-refractivity contribution in [1.82, 2.24) is 9.55 Å². The van der Waals surface area contributed by atoms with Gasteiger partial charge in [0, 0.05) is 11.5 Å². The Hall–Kier alpha value is -2.26. The number of imidazole rings is 1. The van der Waals surface area contributed by atoms with Crippen molar-refractivity contribution >= 4 is 27.0 Å². The second-order valence-electron chi connectivity index (χ2n) is 4.55. The van der Waals surface area contributed by atoms with Gasteiger partial charge < -0.3 is 4.57 Å². The van der Waals surface area contributed by atoms with Gasteiger partial charge in [0.1, 0.15) is 17.5 Å². The van der Waals surface area contributed by atoms with Crippen LogP contribution in [-0.4, -0.2) is 9.55 Å². The predicted molar refractivity (Wildman–Crippen MR) is 78.5 cm³/mol. The Morgan fingerprint density at radius 2 is 1.86 bits per heavy atom. The van der Waals surface area contributed by atoms with Crippen molar-refractivity contribution < 1.29 is 8.78 Å². The molecule has 0 bridgehead atoms. The molecule has 0 aliphatic carbocycles. The van der Waals surface area contributed by atoms with Crippen LogP contribution in [0, 0.1) is 23.0 Å². The number of rotatable bonds is 1. The zero-order chi connectivity index (χ0) is 15.1. The van der Waals surface area contributed by atoms with E-state index in [0.717, 1.165) is 0 Å². The van der Waals surface area contributed by atoms with Crippen LogP contribution >= 0.6 is 15.9 Å². The molecule has 0 aliphatic rings. The van der Waals surface area contributed by atoms with Crippen molar-refractivity contribution in [1.29, 1.82) is 5.26 Å². The highest BCUT2D eigenvalue weighted by atomic mass is 79.9. The van der Waals surface area contributed by atoms with Gasteiger partial charge in [-0.05, 0) is 30.3 Å². The Balaban J connectivity index is 2.32. The van der Waals surface area contributed by atoms with Crippen molar-refractivity contribution in [3.8, 4) is 17.5 Å². The molecule has 6 heteroatoms. The molecule has 0 radical (unpaired) electrons. The molecule has 21 heavy (non-hydrogen) atoms. The van der Waals surface area contributed by atoms with Crippen LogP contribution in [-0.2, 0) is 7.05 Å². The Morgan fingerprint density at radius 3 is 2.48 bits per heavy atom. The van der Waals surface area contributed by atoms with Gasteiger partial charge in [0.05, 0.1) is 28.2 Å². The molecule has 0 spiro atoms. The molecule has 104 valence electrons. The Bertz CT molecular complexity index is 886. The van der Waals surface area contributed by atoms with E-state index in [9.17, 15) is 8.78 Å². The molecule has 0 fully saturated rings.